The van der Waals surface area contributed by atoms with Crippen molar-refractivity contribution in [2.75, 3.05) is 63.5 Å². The zero-order valence-corrected chi connectivity index (χ0v) is 86.3. The number of hydrogen-bond acceptors (Lipinski definition) is 11. The lowest BCUT2D eigenvalue weighted by Gasteiger charge is -2.29. The zero-order chi connectivity index (χ0) is 96.8. The van der Waals surface area contributed by atoms with Gasteiger partial charge >= 0.3 is 6.03 Å². The molecule has 0 fully saturated rings. The van der Waals surface area contributed by atoms with E-state index in [1.54, 1.807) is 0 Å². The van der Waals surface area contributed by atoms with Gasteiger partial charge < -0.3 is 58.0 Å². The second kappa shape index (κ2) is 41.7. The summed E-state index contributed by atoms with van der Waals surface area (Å²) in [6.07, 6.45) is 7.73. The van der Waals surface area contributed by atoms with Crippen LogP contribution >= 0.6 is 0 Å². The number of benzene rings is 11. The zero-order valence-electron chi connectivity index (χ0n) is 86.3. The molecule has 13 heteroatoms. The Kier molecular flexibility index (Phi) is 30.8. The van der Waals surface area contributed by atoms with Crippen LogP contribution in [0.4, 0.5) is 16.2 Å². The van der Waals surface area contributed by atoms with E-state index in [2.05, 4.69) is 348 Å². The summed E-state index contributed by atoms with van der Waals surface area (Å²) >= 11 is 0. The minimum absolute atomic E-state index is 0.111. The van der Waals surface area contributed by atoms with Gasteiger partial charge in [0.25, 0.3) is 0 Å². The smallest absolute Gasteiger partial charge is 0.323 e. The first-order chi connectivity index (χ1) is 64.2. The molecule has 135 heavy (non-hydrogen) atoms. The van der Waals surface area contributed by atoms with E-state index in [9.17, 15) is 0 Å². The highest BCUT2D eigenvalue weighted by Crippen LogP contribution is 2.51. The molecular formula is C122H152N2O11. The number of ether oxygens (including phenoxy) is 10. The number of nitrogens with one attached hydrogen (secondary N) is 2. The number of fused-ring (bicyclic) bond motifs is 19. The summed E-state index contributed by atoms with van der Waals surface area (Å²) in [5, 5.41) is 6.93. The Morgan fingerprint density at radius 2 is 0.474 bits per heavy atom. The molecule has 0 unspecified atom stereocenters. The molecule has 2 N–H and O–H groups in total. The van der Waals surface area contributed by atoms with Gasteiger partial charge in [-0.2, -0.15) is 0 Å². The van der Waals surface area contributed by atoms with Crippen LogP contribution in [0.3, 0.4) is 0 Å². The summed E-state index contributed by atoms with van der Waals surface area (Å²) in [7, 11) is 0. The van der Waals surface area contributed by atoms with Crippen molar-refractivity contribution in [2.45, 2.75) is 309 Å². The predicted molar refractivity (Wildman–Crippen MR) is 556 cm³/mol. The third-order valence-electron chi connectivity index (χ3n) is 26.3. The number of urea groups is 1. The van der Waals surface area contributed by atoms with Gasteiger partial charge in [0, 0.05) is 85.9 Å². The van der Waals surface area contributed by atoms with E-state index in [4.69, 9.17) is 47.4 Å². The highest BCUT2D eigenvalue weighted by atomic mass is 16.5. The van der Waals surface area contributed by atoms with Gasteiger partial charge in [0.2, 0.25) is 0 Å². The second-order valence-electron chi connectivity index (χ2n) is 43.8. The minimum Gasteiger partial charge on any atom is -0.493 e. The SMILES string of the molecule is CCCOc1c2cccc1Cc1cccc(c1OCCC)-c1cc(NC(=O)Nc3cc4cc(c3)COc3c5cc(C(C)(C)C)cc3Cc3cc(C(C)(C)C)cc(c3OCC)Cc3cc(C(C)(C)C)cc(c3OCC)Cc3cc(C(C)(C)C)cc(c3OC4)Cc3cc(C(C)(C)C)cc(c3OCC)Cc3cc(C(C)(C)C)cc(c3OCC)C5)cc(c1OCCC)Cc1cccc(c1OCCC)C2. The van der Waals surface area contributed by atoms with E-state index < -0.39 is 6.03 Å². The van der Waals surface area contributed by atoms with E-state index in [0.717, 1.165) is 200 Å². The Labute approximate surface area is 808 Å². The molecule has 2 aliphatic heterocycles. The number of rotatable bonds is 22. The fourth-order valence-electron chi connectivity index (χ4n) is 19.2. The quantitative estimate of drug-likeness (QED) is 0.0672. The van der Waals surface area contributed by atoms with Crippen LogP contribution in [0.5, 0.6) is 57.5 Å². The Bertz CT molecular complexity index is 5680. The number of hydrogen-bond donors (Lipinski definition) is 2. The maximum Gasteiger partial charge on any atom is 0.323 e. The molecule has 716 valence electrons. The van der Waals surface area contributed by atoms with Crippen molar-refractivity contribution in [2.24, 2.45) is 0 Å². The molecule has 0 atom stereocenters. The topological polar surface area (TPSA) is 133 Å². The average Bonchev–Trinajstić information content (AvgIpc) is 1.00. The van der Waals surface area contributed by atoms with E-state index in [-0.39, 0.29) is 45.7 Å². The summed E-state index contributed by atoms with van der Waals surface area (Å²) in [5.41, 5.74) is 28.6. The summed E-state index contributed by atoms with van der Waals surface area (Å²) in [6, 6.07) is 58.3. The van der Waals surface area contributed by atoms with E-state index in [1.807, 2.05) is 0 Å². The molecule has 13 nitrogen and oxygen atoms in total. The highest BCUT2D eigenvalue weighted by molar-refractivity contribution is 6.01. The van der Waals surface area contributed by atoms with Gasteiger partial charge in [0.1, 0.15) is 70.7 Å². The molecule has 20 bridgehead atoms. The average molecular weight is 1820 g/mol. The summed E-state index contributed by atoms with van der Waals surface area (Å²) < 4.78 is 72.8. The molecule has 0 saturated heterocycles. The maximum absolute atomic E-state index is 16.1. The molecule has 0 radical (unpaired) electrons. The van der Waals surface area contributed by atoms with Gasteiger partial charge in [0.15, 0.2) is 0 Å². The predicted octanol–water partition coefficient (Wildman–Crippen LogP) is 29.9. The number of amides is 2. The lowest BCUT2D eigenvalue weighted by molar-refractivity contribution is 0.262. The Morgan fingerprint density at radius 1 is 0.252 bits per heavy atom. The van der Waals surface area contributed by atoms with Gasteiger partial charge in [-0.15, -0.1) is 0 Å². The van der Waals surface area contributed by atoms with Crippen molar-refractivity contribution >= 4 is 17.4 Å². The molecule has 0 saturated carbocycles. The van der Waals surface area contributed by atoms with Crippen molar-refractivity contribution in [3.63, 3.8) is 0 Å². The van der Waals surface area contributed by atoms with Crippen LogP contribution in [0.2, 0.25) is 0 Å². The van der Waals surface area contributed by atoms with Gasteiger partial charge in [-0.05, 0) is 255 Å². The minimum atomic E-state index is -0.450. The second-order valence-corrected chi connectivity index (χ2v) is 43.8. The number of anilines is 2. The number of para-hydroxylation sites is 3. The standard InChI is InChI=1S/C122H152N2O11/c1-27-44-130-106-78-38-35-40-80(106)52-82-42-37-43-104(114(82)132-46-29-3)105-73-103(72-95(115(105)133-47-30-4)53-81-41-36-39-79(51-78)107(81)131-45-28-2)124-116(125)123-102-49-76-48-77(50-102)75-135-113-93-57-88-65-97(118(12,13)14)61-84(109(88)127-32-6)54-83-60-96(117(9,10)11)64-87(108(83)126-31-5)56-91-68-100(121(21,22)23)69-92(112(91)134-74-76)58-89-66-98(119(15,16)17)62-85(110(89)128-33-7)55-86-63-99(120(18,19)20)67-90(111(86)129-34-8)59-94(113)71-101(70-93)122(24,25)26/h35-43,48-50,60-73H,27-34,44-47,51-59,74-75H2,1-26H3,(H2,123,124,125). The van der Waals surface area contributed by atoms with Gasteiger partial charge in [0.05, 0.1) is 52.9 Å². The van der Waals surface area contributed by atoms with Crippen molar-refractivity contribution < 1.29 is 52.2 Å². The first-order valence-electron chi connectivity index (χ1n) is 50.2. The number of carbonyl (C=O) groups excluding carboxylic acids is 1. The van der Waals surface area contributed by atoms with Gasteiger partial charge in [-0.25, -0.2) is 4.79 Å². The first-order valence-corrected chi connectivity index (χ1v) is 50.2. The summed E-state index contributed by atoms with van der Waals surface area (Å²) in [5.74, 6) is 8.15. The molecule has 0 aromatic heterocycles. The number of carbonyl (C=O) groups is 1. The summed E-state index contributed by atoms with van der Waals surface area (Å²) in [4.78, 5) is 16.1. The molecule has 11 aromatic carbocycles. The van der Waals surface area contributed by atoms with Crippen LogP contribution in [-0.2, 0) is 103 Å². The summed E-state index contributed by atoms with van der Waals surface area (Å²) in [6.45, 7) is 62.7. The monoisotopic (exact) mass is 1820 g/mol. The van der Waals surface area contributed by atoms with E-state index in [1.165, 1.54) is 33.4 Å². The van der Waals surface area contributed by atoms with Crippen molar-refractivity contribution in [3.05, 3.63) is 302 Å². The molecule has 2 amide bonds. The van der Waals surface area contributed by atoms with E-state index in [0.29, 0.717) is 128 Å². The van der Waals surface area contributed by atoms with Crippen LogP contribution < -0.4 is 58.0 Å². The lowest BCUT2D eigenvalue weighted by Crippen LogP contribution is -2.20. The van der Waals surface area contributed by atoms with Crippen molar-refractivity contribution in [1.29, 1.82) is 0 Å². The Morgan fingerprint density at radius 3 is 0.756 bits per heavy atom. The van der Waals surface area contributed by atoms with Gasteiger partial charge in [-0.1, -0.05) is 280 Å². The molecule has 3 aliphatic rings. The molecule has 0 spiro atoms. The molecule has 11 aromatic rings. The van der Waals surface area contributed by atoms with Gasteiger partial charge in [-0.3, -0.25) is 0 Å². The maximum atomic E-state index is 16.1. The fraction of sp³-hybridized carbons (Fsp3) is 0.451. The Hall–Kier alpha value is -11.3. The molecule has 2 heterocycles. The molecular weight excluding hydrogens is 1670 g/mol. The van der Waals surface area contributed by atoms with Crippen molar-refractivity contribution in [3.8, 4) is 68.6 Å². The lowest BCUT2D eigenvalue weighted by atomic mass is 9.79. The van der Waals surface area contributed by atoms with Crippen LogP contribution in [0, 0.1) is 0 Å². The third-order valence-corrected chi connectivity index (χ3v) is 26.3. The van der Waals surface area contributed by atoms with Crippen LogP contribution in [0.15, 0.2) is 158 Å². The highest BCUT2D eigenvalue weighted by Gasteiger charge is 2.35. The Balaban J connectivity index is 1.05. The largest absolute Gasteiger partial charge is 0.493 e. The van der Waals surface area contributed by atoms with E-state index >= 15 is 4.79 Å². The third kappa shape index (κ3) is 23.3. The van der Waals surface area contributed by atoms with Crippen LogP contribution in [-0.4, -0.2) is 58.9 Å². The molecule has 1 aliphatic carbocycles. The van der Waals surface area contributed by atoms with Crippen LogP contribution in [0.1, 0.15) is 350 Å². The van der Waals surface area contributed by atoms with Crippen molar-refractivity contribution in [1.82, 2.24) is 0 Å². The fourth-order valence-corrected chi connectivity index (χ4v) is 19.2. The van der Waals surface area contributed by atoms with Crippen LogP contribution in [0.25, 0.3) is 11.1 Å². The first kappa shape index (κ1) is 99.7. The molecule has 14 rings (SSSR count). The normalized spacial score (nSPS) is 13.6.